The van der Waals surface area contributed by atoms with Crippen LogP contribution in [0, 0.1) is 0 Å². The van der Waals surface area contributed by atoms with E-state index in [4.69, 9.17) is 4.42 Å². The molecule has 0 aliphatic carbocycles. The molecule has 3 heterocycles. The molecule has 0 saturated carbocycles. The van der Waals surface area contributed by atoms with E-state index in [2.05, 4.69) is 26.0 Å². The second kappa shape index (κ2) is 8.05. The number of halogens is 1. The third-order valence-corrected chi connectivity index (χ3v) is 6.13. The molecule has 0 atom stereocenters. The van der Waals surface area contributed by atoms with Gasteiger partial charge in [-0.3, -0.25) is 9.59 Å². The Bertz CT molecular complexity index is 1570. The highest BCUT2D eigenvalue weighted by molar-refractivity contribution is 9.10. The minimum Gasteiger partial charge on any atom is -0.457 e. The molecule has 0 radical (unpaired) electrons. The number of aromatic nitrogens is 3. The Balaban J connectivity index is 1.54. The van der Waals surface area contributed by atoms with Crippen molar-refractivity contribution in [3.63, 3.8) is 0 Å². The van der Waals surface area contributed by atoms with Gasteiger partial charge in [0.05, 0.1) is 0 Å². The van der Waals surface area contributed by atoms with Crippen molar-refractivity contribution in [3.8, 4) is 11.3 Å². The molecular formula is C23H14BrN3O3S. The maximum atomic E-state index is 12.9. The van der Waals surface area contributed by atoms with Crippen molar-refractivity contribution in [2.75, 3.05) is 0 Å². The van der Waals surface area contributed by atoms with E-state index in [1.807, 2.05) is 60.7 Å². The highest BCUT2D eigenvalue weighted by Gasteiger charge is 2.12. The second-order valence-electron chi connectivity index (χ2n) is 6.85. The largest absolute Gasteiger partial charge is 0.457 e. The topological polar surface area (TPSA) is 77.5 Å². The zero-order chi connectivity index (χ0) is 21.4. The average molecular weight is 492 g/mol. The predicted octanol–water partition coefficient (Wildman–Crippen LogP) is 3.67. The van der Waals surface area contributed by atoms with Gasteiger partial charge in [0.25, 0.3) is 11.1 Å². The van der Waals surface area contributed by atoms with E-state index in [0.29, 0.717) is 22.5 Å². The van der Waals surface area contributed by atoms with Crippen LogP contribution in [-0.2, 0) is 6.42 Å². The van der Waals surface area contributed by atoms with Crippen molar-refractivity contribution >= 4 is 38.3 Å². The van der Waals surface area contributed by atoms with Gasteiger partial charge in [-0.1, -0.05) is 69.7 Å². The lowest BCUT2D eigenvalue weighted by Crippen LogP contribution is -2.28. The van der Waals surface area contributed by atoms with Crippen LogP contribution in [0.2, 0.25) is 0 Å². The van der Waals surface area contributed by atoms with E-state index >= 15 is 0 Å². The van der Waals surface area contributed by atoms with Crippen LogP contribution in [0.15, 0.2) is 85.2 Å². The Labute approximate surface area is 188 Å². The molecule has 0 aliphatic rings. The van der Waals surface area contributed by atoms with Crippen LogP contribution in [0.25, 0.3) is 22.4 Å². The molecule has 0 N–H and O–H groups in total. The van der Waals surface area contributed by atoms with Crippen molar-refractivity contribution in [2.24, 2.45) is 0 Å². The number of benzene rings is 2. The minimum absolute atomic E-state index is 0.236. The van der Waals surface area contributed by atoms with Crippen molar-refractivity contribution < 1.29 is 4.42 Å². The van der Waals surface area contributed by atoms with Crippen molar-refractivity contribution in [3.05, 3.63) is 113 Å². The summed E-state index contributed by atoms with van der Waals surface area (Å²) >= 11 is 4.56. The Morgan fingerprint density at radius 3 is 2.68 bits per heavy atom. The first kappa shape index (κ1) is 19.6. The first-order valence-corrected chi connectivity index (χ1v) is 11.0. The second-order valence-corrected chi connectivity index (χ2v) is 8.77. The van der Waals surface area contributed by atoms with E-state index in [0.717, 1.165) is 26.9 Å². The third kappa shape index (κ3) is 3.99. The molecule has 2 aromatic carbocycles. The summed E-state index contributed by atoms with van der Waals surface area (Å²) in [5.74, 6) is 1.23. The van der Waals surface area contributed by atoms with Crippen LogP contribution in [0.5, 0.6) is 0 Å². The summed E-state index contributed by atoms with van der Waals surface area (Å²) in [6.07, 6.45) is 1.96. The first-order valence-electron chi connectivity index (χ1n) is 9.41. The van der Waals surface area contributed by atoms with Gasteiger partial charge in [-0.2, -0.15) is 14.6 Å². The zero-order valence-electron chi connectivity index (χ0n) is 16.0. The van der Waals surface area contributed by atoms with E-state index in [-0.39, 0.29) is 16.2 Å². The van der Waals surface area contributed by atoms with E-state index in [1.54, 1.807) is 12.1 Å². The molecule has 5 rings (SSSR count). The Morgan fingerprint density at radius 1 is 1.03 bits per heavy atom. The van der Waals surface area contributed by atoms with Gasteiger partial charge in [0.15, 0.2) is 0 Å². The highest BCUT2D eigenvalue weighted by Crippen LogP contribution is 2.25. The number of fused-ring (bicyclic) bond motifs is 1. The van der Waals surface area contributed by atoms with E-state index in [9.17, 15) is 9.59 Å². The first-order chi connectivity index (χ1) is 15.1. The predicted molar refractivity (Wildman–Crippen MR) is 123 cm³/mol. The maximum Gasteiger partial charge on any atom is 0.296 e. The van der Waals surface area contributed by atoms with Crippen LogP contribution >= 0.6 is 27.3 Å². The SMILES string of the molecule is O=c1nc2s/c(=C\c3ccc(-c4cccc(Br)c4)o3)c(=O)n2nc1Cc1ccccc1. The van der Waals surface area contributed by atoms with Gasteiger partial charge in [0.1, 0.15) is 21.7 Å². The average Bonchev–Trinajstić information content (AvgIpc) is 3.35. The lowest BCUT2D eigenvalue weighted by molar-refractivity contribution is 0.571. The Morgan fingerprint density at radius 2 is 1.87 bits per heavy atom. The molecule has 6 nitrogen and oxygen atoms in total. The molecule has 3 aromatic heterocycles. The van der Waals surface area contributed by atoms with Gasteiger partial charge in [0.2, 0.25) is 4.96 Å². The number of hydrogen-bond donors (Lipinski definition) is 0. The zero-order valence-corrected chi connectivity index (χ0v) is 18.4. The Hall–Kier alpha value is -3.36. The van der Waals surface area contributed by atoms with Gasteiger partial charge in [-0.15, -0.1) is 0 Å². The summed E-state index contributed by atoms with van der Waals surface area (Å²) in [5, 5.41) is 4.28. The van der Waals surface area contributed by atoms with Crippen LogP contribution in [0.4, 0.5) is 0 Å². The van der Waals surface area contributed by atoms with Gasteiger partial charge in [-0.05, 0) is 29.8 Å². The molecule has 0 spiro atoms. The lowest BCUT2D eigenvalue weighted by atomic mass is 10.1. The number of furan rings is 1. The van der Waals surface area contributed by atoms with Crippen LogP contribution in [0.1, 0.15) is 17.0 Å². The van der Waals surface area contributed by atoms with Gasteiger partial charge >= 0.3 is 0 Å². The van der Waals surface area contributed by atoms with E-state index < -0.39 is 5.56 Å². The smallest absolute Gasteiger partial charge is 0.296 e. The maximum absolute atomic E-state index is 12.9. The molecular weight excluding hydrogens is 478 g/mol. The molecule has 0 aliphatic heterocycles. The van der Waals surface area contributed by atoms with Crippen molar-refractivity contribution in [1.82, 2.24) is 14.6 Å². The standard InChI is InChI=1S/C23H14BrN3O3S/c24-16-8-4-7-15(12-16)19-10-9-17(30-19)13-20-22(29)27-23(31-20)25-21(28)18(26-27)11-14-5-2-1-3-6-14/h1-10,12-13H,11H2/b20-13-. The summed E-state index contributed by atoms with van der Waals surface area (Å²) in [7, 11) is 0. The van der Waals surface area contributed by atoms with Crippen LogP contribution < -0.4 is 15.7 Å². The molecule has 5 aromatic rings. The van der Waals surface area contributed by atoms with Gasteiger partial charge in [-0.25, -0.2) is 0 Å². The third-order valence-electron chi connectivity index (χ3n) is 4.67. The van der Waals surface area contributed by atoms with Crippen LogP contribution in [0.3, 0.4) is 0 Å². The minimum atomic E-state index is -0.424. The molecule has 152 valence electrons. The van der Waals surface area contributed by atoms with E-state index in [1.165, 1.54) is 4.52 Å². The fraction of sp³-hybridized carbons (Fsp3) is 0.0435. The molecule has 0 unspecified atom stereocenters. The van der Waals surface area contributed by atoms with Crippen molar-refractivity contribution in [1.29, 1.82) is 0 Å². The number of hydrogen-bond acceptors (Lipinski definition) is 6. The monoisotopic (exact) mass is 491 g/mol. The van der Waals surface area contributed by atoms with Gasteiger partial charge in [0, 0.05) is 22.5 Å². The number of rotatable bonds is 4. The summed E-state index contributed by atoms with van der Waals surface area (Å²) in [5.41, 5.74) is 1.33. The van der Waals surface area contributed by atoms with Gasteiger partial charge < -0.3 is 4.42 Å². The van der Waals surface area contributed by atoms with Crippen LogP contribution in [-0.4, -0.2) is 14.6 Å². The molecule has 8 heteroatoms. The number of nitrogens with zero attached hydrogens (tertiary/aromatic N) is 3. The highest BCUT2D eigenvalue weighted by atomic mass is 79.9. The molecule has 31 heavy (non-hydrogen) atoms. The quantitative estimate of drug-likeness (QED) is 0.383. The molecule has 0 bridgehead atoms. The normalized spacial score (nSPS) is 12.0. The van der Waals surface area contributed by atoms with Crippen molar-refractivity contribution in [2.45, 2.75) is 6.42 Å². The lowest BCUT2D eigenvalue weighted by Gasteiger charge is -1.99. The molecule has 0 amide bonds. The summed E-state index contributed by atoms with van der Waals surface area (Å²) in [6, 6.07) is 20.9. The summed E-state index contributed by atoms with van der Waals surface area (Å²) < 4.78 is 8.42. The molecule has 0 saturated heterocycles. The molecule has 0 fully saturated rings. The number of thiazole rings is 1. The fourth-order valence-electron chi connectivity index (χ4n) is 3.20. The summed E-state index contributed by atoms with van der Waals surface area (Å²) in [6.45, 7) is 0. The fourth-order valence-corrected chi connectivity index (χ4v) is 4.48. The summed E-state index contributed by atoms with van der Waals surface area (Å²) in [4.78, 5) is 29.6. The Kier molecular flexibility index (Phi) is 5.09.